The third-order valence-electron chi connectivity index (χ3n) is 3.99. The minimum Gasteiger partial charge on any atom is -0.492 e. The van der Waals surface area contributed by atoms with E-state index in [0.717, 1.165) is 0 Å². The summed E-state index contributed by atoms with van der Waals surface area (Å²) in [5, 5.41) is 14.2. The highest BCUT2D eigenvalue weighted by Crippen LogP contribution is 2.26. The van der Waals surface area contributed by atoms with E-state index < -0.39 is 11.0 Å². The molecule has 0 aliphatic carbocycles. The molecule has 0 aliphatic rings. The Morgan fingerprint density at radius 3 is 2.52 bits per heavy atom. The molecule has 144 valence electrons. The van der Waals surface area contributed by atoms with Gasteiger partial charge in [0, 0.05) is 23.7 Å². The topological polar surface area (TPSA) is 84.7 Å². The fraction of sp³-hybridized carbons (Fsp3) is 0.278. The minimum atomic E-state index is -0.547. The van der Waals surface area contributed by atoms with Crippen LogP contribution in [0.3, 0.4) is 0 Å². The maximum absolute atomic E-state index is 12.4. The lowest BCUT2D eigenvalue weighted by Crippen LogP contribution is -2.41. The van der Waals surface area contributed by atoms with E-state index in [4.69, 9.17) is 27.9 Å². The Balaban J connectivity index is 1.86. The number of carbonyl (C=O) groups excluding carboxylic acids is 1. The van der Waals surface area contributed by atoms with Gasteiger partial charge in [-0.05, 0) is 44.3 Å². The van der Waals surface area contributed by atoms with E-state index in [2.05, 4.69) is 5.32 Å². The zero-order valence-electron chi connectivity index (χ0n) is 14.8. The molecule has 1 unspecified atom stereocenters. The number of hydrogen-bond donors (Lipinski definition) is 1. The highest BCUT2D eigenvalue weighted by Gasteiger charge is 2.19. The lowest BCUT2D eigenvalue weighted by Gasteiger charge is -2.24. The predicted octanol–water partition coefficient (Wildman–Crippen LogP) is 4.24. The van der Waals surface area contributed by atoms with E-state index in [9.17, 15) is 14.9 Å². The monoisotopic (exact) mass is 411 g/mol. The van der Waals surface area contributed by atoms with Gasteiger partial charge in [0.2, 0.25) is 5.91 Å². The molecular weight excluding hydrogens is 393 g/mol. The zero-order valence-corrected chi connectivity index (χ0v) is 16.3. The van der Waals surface area contributed by atoms with Crippen LogP contribution in [0.15, 0.2) is 42.5 Å². The molecule has 0 saturated heterocycles. The Kier molecular flexibility index (Phi) is 7.41. The molecule has 0 aliphatic heterocycles. The lowest BCUT2D eigenvalue weighted by molar-refractivity contribution is -0.384. The molecule has 0 aromatic heterocycles. The Hall–Kier alpha value is -2.35. The summed E-state index contributed by atoms with van der Waals surface area (Å²) < 4.78 is 5.62. The number of nitrogens with one attached hydrogen (secondary N) is 1. The number of anilines is 1. The van der Waals surface area contributed by atoms with E-state index in [0.29, 0.717) is 29.6 Å². The summed E-state index contributed by atoms with van der Waals surface area (Å²) in [5.41, 5.74) is 0.187. The van der Waals surface area contributed by atoms with Gasteiger partial charge in [-0.15, -0.1) is 0 Å². The molecule has 9 heteroatoms. The summed E-state index contributed by atoms with van der Waals surface area (Å²) in [7, 11) is 1.80. The molecule has 2 rings (SSSR count). The molecule has 0 spiro atoms. The highest BCUT2D eigenvalue weighted by atomic mass is 35.5. The number of non-ortho nitro benzene ring substituents is 1. The number of rotatable bonds is 8. The van der Waals surface area contributed by atoms with Gasteiger partial charge in [-0.1, -0.05) is 23.2 Å². The first-order valence-electron chi connectivity index (χ1n) is 8.11. The summed E-state index contributed by atoms with van der Waals surface area (Å²) in [6.07, 6.45) is 0. The molecule has 0 saturated carbocycles. The third kappa shape index (κ3) is 6.09. The van der Waals surface area contributed by atoms with Crippen molar-refractivity contribution in [1.82, 2.24) is 4.90 Å². The van der Waals surface area contributed by atoms with Gasteiger partial charge in [-0.25, -0.2) is 0 Å². The van der Waals surface area contributed by atoms with Crippen LogP contribution in [0, 0.1) is 10.1 Å². The standard InChI is InChI=1S/C18H19Cl2N3O4/c1-12(22(2)9-10-27-15-6-3-13(19)4-7-15)18(24)21-17-8-5-14(23(25)26)11-16(17)20/h3-8,11-12H,9-10H2,1-2H3,(H,21,24). The maximum atomic E-state index is 12.4. The van der Waals surface area contributed by atoms with Gasteiger partial charge in [-0.3, -0.25) is 19.8 Å². The van der Waals surface area contributed by atoms with Crippen LogP contribution in [-0.2, 0) is 4.79 Å². The van der Waals surface area contributed by atoms with E-state index in [1.807, 2.05) is 4.90 Å². The van der Waals surface area contributed by atoms with Gasteiger partial charge in [-0.2, -0.15) is 0 Å². The zero-order chi connectivity index (χ0) is 20.0. The average molecular weight is 412 g/mol. The van der Waals surface area contributed by atoms with Crippen LogP contribution in [0.5, 0.6) is 5.75 Å². The van der Waals surface area contributed by atoms with Crippen LogP contribution >= 0.6 is 23.2 Å². The fourth-order valence-corrected chi connectivity index (χ4v) is 2.54. The van der Waals surface area contributed by atoms with Crippen molar-refractivity contribution in [3.8, 4) is 5.75 Å². The van der Waals surface area contributed by atoms with E-state index in [1.165, 1.54) is 18.2 Å². The second-order valence-electron chi connectivity index (χ2n) is 5.87. The van der Waals surface area contributed by atoms with Crippen LogP contribution in [0.2, 0.25) is 10.0 Å². The van der Waals surface area contributed by atoms with Gasteiger partial charge in [0.05, 0.1) is 21.7 Å². The Morgan fingerprint density at radius 1 is 1.26 bits per heavy atom. The second kappa shape index (κ2) is 9.55. The summed E-state index contributed by atoms with van der Waals surface area (Å²) in [5.74, 6) is 0.419. The van der Waals surface area contributed by atoms with Gasteiger partial charge in [0.15, 0.2) is 0 Å². The molecule has 0 bridgehead atoms. The van der Waals surface area contributed by atoms with Gasteiger partial charge in [0.25, 0.3) is 5.69 Å². The number of nitrogens with zero attached hydrogens (tertiary/aromatic N) is 2. The van der Waals surface area contributed by atoms with Gasteiger partial charge >= 0.3 is 0 Å². The first-order valence-corrected chi connectivity index (χ1v) is 8.87. The van der Waals surface area contributed by atoms with Crippen molar-refractivity contribution in [3.05, 3.63) is 62.6 Å². The molecular formula is C18H19Cl2N3O4. The van der Waals surface area contributed by atoms with Crippen molar-refractivity contribution in [2.45, 2.75) is 13.0 Å². The normalized spacial score (nSPS) is 11.9. The summed E-state index contributed by atoms with van der Waals surface area (Å²) >= 11 is 11.8. The molecule has 1 atom stereocenters. The number of amides is 1. The molecule has 0 fully saturated rings. The minimum absolute atomic E-state index is 0.110. The SMILES string of the molecule is CC(C(=O)Nc1ccc([N+](=O)[O-])cc1Cl)N(C)CCOc1ccc(Cl)cc1. The largest absolute Gasteiger partial charge is 0.492 e. The van der Waals surface area contributed by atoms with Crippen molar-refractivity contribution >= 4 is 40.5 Å². The number of nitro groups is 1. The molecule has 0 radical (unpaired) electrons. The molecule has 1 N–H and O–H groups in total. The first kappa shape index (κ1) is 21.0. The number of nitro benzene ring substituents is 1. The number of halogens is 2. The van der Waals surface area contributed by atoms with Crippen LogP contribution in [0.25, 0.3) is 0 Å². The summed E-state index contributed by atoms with van der Waals surface area (Å²) in [6, 6.07) is 10.5. The van der Waals surface area contributed by atoms with Crippen LogP contribution in [0.4, 0.5) is 11.4 Å². The number of ether oxygens (including phenoxy) is 1. The van der Waals surface area contributed by atoms with Crippen molar-refractivity contribution in [2.24, 2.45) is 0 Å². The molecule has 27 heavy (non-hydrogen) atoms. The maximum Gasteiger partial charge on any atom is 0.271 e. The van der Waals surface area contributed by atoms with Crippen LogP contribution in [0.1, 0.15) is 6.92 Å². The number of benzene rings is 2. The average Bonchev–Trinajstić information content (AvgIpc) is 2.64. The smallest absolute Gasteiger partial charge is 0.271 e. The quantitative estimate of drug-likeness (QED) is 0.518. The Morgan fingerprint density at radius 2 is 1.93 bits per heavy atom. The molecule has 2 aromatic rings. The first-order chi connectivity index (χ1) is 12.8. The molecule has 1 amide bonds. The number of hydrogen-bond acceptors (Lipinski definition) is 5. The Labute approximate surface area is 167 Å². The number of likely N-dealkylation sites (N-methyl/N-ethyl adjacent to an activating group) is 1. The van der Waals surface area contributed by atoms with Crippen molar-refractivity contribution < 1.29 is 14.5 Å². The predicted molar refractivity (Wildman–Crippen MR) is 106 cm³/mol. The van der Waals surface area contributed by atoms with Gasteiger partial charge < -0.3 is 10.1 Å². The molecule has 7 nitrogen and oxygen atoms in total. The van der Waals surface area contributed by atoms with E-state index in [-0.39, 0.29) is 16.6 Å². The summed E-state index contributed by atoms with van der Waals surface area (Å²) in [6.45, 7) is 2.66. The molecule has 2 aromatic carbocycles. The third-order valence-corrected chi connectivity index (χ3v) is 4.55. The highest BCUT2D eigenvalue weighted by molar-refractivity contribution is 6.34. The van der Waals surface area contributed by atoms with Crippen molar-refractivity contribution in [3.63, 3.8) is 0 Å². The van der Waals surface area contributed by atoms with Crippen molar-refractivity contribution in [2.75, 3.05) is 25.5 Å². The number of carbonyl (C=O) groups is 1. The van der Waals surface area contributed by atoms with Crippen molar-refractivity contribution in [1.29, 1.82) is 0 Å². The molecule has 0 heterocycles. The fourth-order valence-electron chi connectivity index (χ4n) is 2.19. The summed E-state index contributed by atoms with van der Waals surface area (Å²) in [4.78, 5) is 24.4. The second-order valence-corrected chi connectivity index (χ2v) is 6.71. The van der Waals surface area contributed by atoms with E-state index >= 15 is 0 Å². The Bertz CT molecular complexity index is 815. The lowest BCUT2D eigenvalue weighted by atomic mass is 10.2. The van der Waals surface area contributed by atoms with Crippen LogP contribution in [-0.4, -0.2) is 42.0 Å². The van der Waals surface area contributed by atoms with E-state index in [1.54, 1.807) is 38.2 Å². The van der Waals surface area contributed by atoms with Crippen LogP contribution < -0.4 is 10.1 Å². The van der Waals surface area contributed by atoms with Gasteiger partial charge in [0.1, 0.15) is 12.4 Å².